The first-order chi connectivity index (χ1) is 9.08. The molecule has 1 aromatic carbocycles. The summed E-state index contributed by atoms with van der Waals surface area (Å²) in [6, 6.07) is 9.78. The second-order valence-electron chi connectivity index (χ2n) is 4.71. The van der Waals surface area contributed by atoms with Gasteiger partial charge in [-0.2, -0.15) is 0 Å². The number of rotatable bonds is 5. The predicted octanol–water partition coefficient (Wildman–Crippen LogP) is 3.71. The molecule has 0 radical (unpaired) electrons. The zero-order valence-electron chi connectivity index (χ0n) is 11.0. The molecule has 2 aromatic rings. The SMILES string of the molecule is CC(C)c1cccc(NCc2ccoc2C(=O)O)c1. The minimum Gasteiger partial charge on any atom is -0.475 e. The van der Waals surface area contributed by atoms with Crippen LogP contribution >= 0.6 is 0 Å². The number of hydrogen-bond donors (Lipinski definition) is 2. The number of nitrogens with one attached hydrogen (secondary N) is 1. The van der Waals surface area contributed by atoms with Gasteiger partial charge in [0.1, 0.15) is 0 Å². The molecule has 0 amide bonds. The molecule has 0 fully saturated rings. The average Bonchev–Trinajstić information content (AvgIpc) is 2.85. The Morgan fingerprint density at radius 1 is 1.37 bits per heavy atom. The van der Waals surface area contributed by atoms with Gasteiger partial charge in [-0.25, -0.2) is 4.79 Å². The van der Waals surface area contributed by atoms with E-state index in [9.17, 15) is 4.79 Å². The monoisotopic (exact) mass is 259 g/mol. The predicted molar refractivity (Wildman–Crippen MR) is 73.5 cm³/mol. The summed E-state index contributed by atoms with van der Waals surface area (Å²) in [4.78, 5) is 10.9. The molecule has 100 valence electrons. The number of hydrogen-bond acceptors (Lipinski definition) is 3. The van der Waals surface area contributed by atoms with Crippen molar-refractivity contribution in [1.29, 1.82) is 0 Å². The Labute approximate surface area is 112 Å². The maximum atomic E-state index is 10.9. The van der Waals surface area contributed by atoms with E-state index in [4.69, 9.17) is 9.52 Å². The Morgan fingerprint density at radius 3 is 2.84 bits per heavy atom. The van der Waals surface area contributed by atoms with Crippen LogP contribution in [-0.4, -0.2) is 11.1 Å². The standard InChI is InChI=1S/C15H17NO3/c1-10(2)11-4-3-5-13(8-11)16-9-12-6-7-19-14(12)15(17)18/h3-8,10,16H,9H2,1-2H3,(H,17,18). The lowest BCUT2D eigenvalue weighted by molar-refractivity contribution is 0.0661. The molecular weight excluding hydrogens is 242 g/mol. The number of carboxylic acid groups (broad SMARTS) is 1. The fraction of sp³-hybridized carbons (Fsp3) is 0.267. The van der Waals surface area contributed by atoms with Gasteiger partial charge < -0.3 is 14.8 Å². The van der Waals surface area contributed by atoms with Crippen molar-refractivity contribution in [1.82, 2.24) is 0 Å². The lowest BCUT2D eigenvalue weighted by Gasteiger charge is -2.10. The van der Waals surface area contributed by atoms with Crippen molar-refractivity contribution < 1.29 is 14.3 Å². The molecule has 1 heterocycles. The highest BCUT2D eigenvalue weighted by atomic mass is 16.4. The highest BCUT2D eigenvalue weighted by Gasteiger charge is 2.13. The lowest BCUT2D eigenvalue weighted by Crippen LogP contribution is -2.05. The van der Waals surface area contributed by atoms with Gasteiger partial charge in [0, 0.05) is 17.8 Å². The molecule has 4 heteroatoms. The highest BCUT2D eigenvalue weighted by molar-refractivity contribution is 5.86. The number of carboxylic acids is 1. The molecule has 1 aromatic heterocycles. The maximum absolute atomic E-state index is 10.9. The van der Waals surface area contributed by atoms with E-state index < -0.39 is 5.97 Å². The summed E-state index contributed by atoms with van der Waals surface area (Å²) in [5.41, 5.74) is 2.86. The molecule has 0 saturated heterocycles. The van der Waals surface area contributed by atoms with Crippen LogP contribution in [0.1, 0.15) is 41.4 Å². The minimum absolute atomic E-state index is 0.00693. The third-order valence-corrected chi connectivity index (χ3v) is 2.98. The molecule has 2 N–H and O–H groups in total. The van der Waals surface area contributed by atoms with E-state index >= 15 is 0 Å². The van der Waals surface area contributed by atoms with Crippen LogP contribution in [0.5, 0.6) is 0 Å². The van der Waals surface area contributed by atoms with E-state index in [0.29, 0.717) is 18.0 Å². The van der Waals surface area contributed by atoms with Crippen molar-refractivity contribution in [2.75, 3.05) is 5.32 Å². The van der Waals surface area contributed by atoms with E-state index in [2.05, 4.69) is 31.3 Å². The first kappa shape index (κ1) is 13.2. The number of aromatic carboxylic acids is 1. The number of carbonyl (C=O) groups is 1. The van der Waals surface area contributed by atoms with Gasteiger partial charge in [0.25, 0.3) is 0 Å². The Hall–Kier alpha value is -2.23. The number of anilines is 1. The molecule has 0 aliphatic rings. The van der Waals surface area contributed by atoms with E-state index in [0.717, 1.165) is 5.69 Å². The van der Waals surface area contributed by atoms with Crippen LogP contribution in [0.3, 0.4) is 0 Å². The Kier molecular flexibility index (Phi) is 3.90. The van der Waals surface area contributed by atoms with E-state index in [-0.39, 0.29) is 5.76 Å². The van der Waals surface area contributed by atoms with Crippen LogP contribution in [0, 0.1) is 0 Å². The van der Waals surface area contributed by atoms with Crippen LogP contribution in [0.4, 0.5) is 5.69 Å². The van der Waals surface area contributed by atoms with Gasteiger partial charge in [-0.1, -0.05) is 26.0 Å². The molecule has 0 aliphatic heterocycles. The zero-order chi connectivity index (χ0) is 13.8. The Morgan fingerprint density at radius 2 is 2.16 bits per heavy atom. The van der Waals surface area contributed by atoms with E-state index in [1.807, 2.05) is 12.1 Å². The molecule has 0 unspecified atom stereocenters. The van der Waals surface area contributed by atoms with Crippen LogP contribution in [-0.2, 0) is 6.54 Å². The van der Waals surface area contributed by atoms with Crippen LogP contribution in [0.2, 0.25) is 0 Å². The molecular formula is C15H17NO3. The molecule has 4 nitrogen and oxygen atoms in total. The summed E-state index contributed by atoms with van der Waals surface area (Å²) < 4.78 is 4.94. The van der Waals surface area contributed by atoms with Gasteiger partial charge in [-0.15, -0.1) is 0 Å². The van der Waals surface area contributed by atoms with Crippen LogP contribution in [0.25, 0.3) is 0 Å². The van der Waals surface area contributed by atoms with E-state index in [1.165, 1.54) is 11.8 Å². The zero-order valence-corrected chi connectivity index (χ0v) is 11.0. The molecule has 0 atom stereocenters. The second kappa shape index (κ2) is 5.61. The number of benzene rings is 1. The number of furan rings is 1. The quantitative estimate of drug-likeness (QED) is 0.859. The summed E-state index contributed by atoms with van der Waals surface area (Å²) in [6.07, 6.45) is 1.39. The van der Waals surface area contributed by atoms with E-state index in [1.54, 1.807) is 6.07 Å². The van der Waals surface area contributed by atoms with Crippen molar-refractivity contribution in [2.45, 2.75) is 26.3 Å². The van der Waals surface area contributed by atoms with Gasteiger partial charge in [-0.05, 0) is 29.7 Å². The molecule has 0 spiro atoms. The van der Waals surface area contributed by atoms with Gasteiger partial charge >= 0.3 is 5.97 Å². The normalized spacial score (nSPS) is 10.7. The van der Waals surface area contributed by atoms with Gasteiger partial charge in [-0.3, -0.25) is 0 Å². The van der Waals surface area contributed by atoms with Crippen molar-refractivity contribution in [2.24, 2.45) is 0 Å². The lowest BCUT2D eigenvalue weighted by atomic mass is 10.0. The highest BCUT2D eigenvalue weighted by Crippen LogP contribution is 2.19. The van der Waals surface area contributed by atoms with Crippen molar-refractivity contribution in [3.8, 4) is 0 Å². The summed E-state index contributed by atoms with van der Waals surface area (Å²) in [7, 11) is 0. The molecule has 0 saturated carbocycles. The topological polar surface area (TPSA) is 62.5 Å². The smallest absolute Gasteiger partial charge is 0.372 e. The average molecular weight is 259 g/mol. The summed E-state index contributed by atoms with van der Waals surface area (Å²) in [6.45, 7) is 4.70. The Bertz CT molecular complexity index is 572. The third-order valence-electron chi connectivity index (χ3n) is 2.98. The molecule has 0 aliphatic carbocycles. The van der Waals surface area contributed by atoms with Crippen molar-refractivity contribution in [3.05, 3.63) is 53.5 Å². The van der Waals surface area contributed by atoms with Crippen molar-refractivity contribution >= 4 is 11.7 Å². The van der Waals surface area contributed by atoms with Crippen LogP contribution < -0.4 is 5.32 Å². The Balaban J connectivity index is 2.08. The van der Waals surface area contributed by atoms with Crippen LogP contribution in [0.15, 0.2) is 41.0 Å². The molecule has 0 bridgehead atoms. The molecule has 2 rings (SSSR count). The minimum atomic E-state index is -1.04. The fourth-order valence-corrected chi connectivity index (χ4v) is 1.87. The second-order valence-corrected chi connectivity index (χ2v) is 4.71. The third kappa shape index (κ3) is 3.16. The van der Waals surface area contributed by atoms with Gasteiger partial charge in [0.05, 0.1) is 6.26 Å². The fourth-order valence-electron chi connectivity index (χ4n) is 1.87. The van der Waals surface area contributed by atoms with Crippen molar-refractivity contribution in [3.63, 3.8) is 0 Å². The first-order valence-corrected chi connectivity index (χ1v) is 6.21. The summed E-state index contributed by atoms with van der Waals surface area (Å²) in [5.74, 6) is -0.587. The van der Waals surface area contributed by atoms with Gasteiger partial charge in [0.15, 0.2) is 0 Å². The van der Waals surface area contributed by atoms with Gasteiger partial charge in [0.2, 0.25) is 5.76 Å². The largest absolute Gasteiger partial charge is 0.475 e. The summed E-state index contributed by atoms with van der Waals surface area (Å²) in [5, 5.41) is 12.2. The first-order valence-electron chi connectivity index (χ1n) is 6.21. The maximum Gasteiger partial charge on any atom is 0.372 e. The molecule has 19 heavy (non-hydrogen) atoms. The summed E-state index contributed by atoms with van der Waals surface area (Å²) >= 11 is 0.